The first-order valence-corrected chi connectivity index (χ1v) is 7.22. The molecule has 0 aliphatic carbocycles. The molecule has 0 atom stereocenters. The van der Waals surface area contributed by atoms with Crippen LogP contribution in [0.4, 0.5) is 0 Å². The van der Waals surface area contributed by atoms with Crippen molar-refractivity contribution in [3.63, 3.8) is 0 Å². The van der Waals surface area contributed by atoms with Gasteiger partial charge in [0.1, 0.15) is 0 Å². The molecule has 0 spiro atoms. The molecule has 2 rings (SSSR count). The second kappa shape index (κ2) is 6.71. The number of carbonyl (C=O) groups excluding carboxylic acids is 1. The Morgan fingerprint density at radius 1 is 1.26 bits per heavy atom. The predicted molar refractivity (Wildman–Crippen MR) is 77.8 cm³/mol. The van der Waals surface area contributed by atoms with Crippen LogP contribution in [0.1, 0.15) is 31.7 Å². The summed E-state index contributed by atoms with van der Waals surface area (Å²) in [6.07, 6.45) is 2.80. The highest BCUT2D eigenvalue weighted by Gasteiger charge is 2.24. The summed E-state index contributed by atoms with van der Waals surface area (Å²) in [5, 5.41) is 0. The third-order valence-electron chi connectivity index (χ3n) is 4.05. The fraction of sp³-hybridized carbons (Fsp3) is 0.562. The summed E-state index contributed by atoms with van der Waals surface area (Å²) in [7, 11) is 1.95. The van der Waals surface area contributed by atoms with Gasteiger partial charge in [-0.25, -0.2) is 0 Å². The molecule has 1 aliphatic heterocycles. The van der Waals surface area contributed by atoms with Gasteiger partial charge in [0.25, 0.3) is 0 Å². The van der Waals surface area contributed by atoms with Crippen LogP contribution >= 0.6 is 0 Å². The first-order valence-electron chi connectivity index (χ1n) is 7.22. The van der Waals surface area contributed by atoms with Crippen molar-refractivity contribution < 1.29 is 4.79 Å². The van der Waals surface area contributed by atoms with Crippen molar-refractivity contribution in [1.82, 2.24) is 9.80 Å². The molecule has 1 heterocycles. The van der Waals surface area contributed by atoms with Crippen LogP contribution in [0.15, 0.2) is 30.3 Å². The second-order valence-corrected chi connectivity index (χ2v) is 5.35. The molecule has 3 nitrogen and oxygen atoms in total. The average molecular weight is 260 g/mol. The molecule has 19 heavy (non-hydrogen) atoms. The first kappa shape index (κ1) is 14.1. The van der Waals surface area contributed by atoms with Crippen LogP contribution < -0.4 is 0 Å². The van der Waals surface area contributed by atoms with E-state index >= 15 is 0 Å². The molecule has 3 heteroatoms. The zero-order valence-corrected chi connectivity index (χ0v) is 12.0. The maximum atomic E-state index is 11.7. The standard InChI is InChI=1S/C16H24N2O/c1-3-16(19)17(2)15-9-11-18(12-10-15)13-14-7-5-4-6-8-14/h4-8,15H,3,9-13H2,1-2H3. The minimum atomic E-state index is 0.265. The van der Waals surface area contributed by atoms with Gasteiger partial charge in [0.2, 0.25) is 5.91 Å². The summed E-state index contributed by atoms with van der Waals surface area (Å²) in [4.78, 5) is 16.1. The van der Waals surface area contributed by atoms with E-state index in [0.717, 1.165) is 32.5 Å². The number of benzene rings is 1. The zero-order valence-electron chi connectivity index (χ0n) is 12.0. The molecule has 0 N–H and O–H groups in total. The average Bonchev–Trinajstić information content (AvgIpc) is 2.47. The Labute approximate surface area is 116 Å². The van der Waals surface area contributed by atoms with E-state index in [1.54, 1.807) is 0 Å². The van der Waals surface area contributed by atoms with E-state index in [9.17, 15) is 4.79 Å². The Bertz CT molecular complexity index is 396. The van der Waals surface area contributed by atoms with Gasteiger partial charge in [0.05, 0.1) is 0 Å². The highest BCUT2D eigenvalue weighted by atomic mass is 16.2. The third-order valence-corrected chi connectivity index (χ3v) is 4.05. The SMILES string of the molecule is CCC(=O)N(C)C1CCN(Cc2ccccc2)CC1. The lowest BCUT2D eigenvalue weighted by Crippen LogP contribution is -2.45. The zero-order chi connectivity index (χ0) is 13.7. The second-order valence-electron chi connectivity index (χ2n) is 5.35. The molecule has 0 unspecified atom stereocenters. The van der Waals surface area contributed by atoms with Gasteiger partial charge in [0, 0.05) is 39.1 Å². The van der Waals surface area contributed by atoms with Gasteiger partial charge >= 0.3 is 0 Å². The lowest BCUT2D eigenvalue weighted by atomic mass is 10.0. The smallest absolute Gasteiger partial charge is 0.222 e. The minimum absolute atomic E-state index is 0.265. The van der Waals surface area contributed by atoms with Crippen LogP contribution in [-0.4, -0.2) is 41.9 Å². The molecule has 1 fully saturated rings. The highest BCUT2D eigenvalue weighted by Crippen LogP contribution is 2.18. The molecule has 0 bridgehead atoms. The Kier molecular flexibility index (Phi) is 4.97. The number of hydrogen-bond acceptors (Lipinski definition) is 2. The lowest BCUT2D eigenvalue weighted by Gasteiger charge is -2.36. The van der Waals surface area contributed by atoms with Crippen molar-refractivity contribution in [3.8, 4) is 0 Å². The number of nitrogens with zero attached hydrogens (tertiary/aromatic N) is 2. The molecule has 1 aliphatic rings. The number of rotatable bonds is 4. The van der Waals surface area contributed by atoms with Crippen molar-refractivity contribution >= 4 is 5.91 Å². The predicted octanol–water partition coefficient (Wildman–Crippen LogP) is 2.52. The number of likely N-dealkylation sites (tertiary alicyclic amines) is 1. The van der Waals surface area contributed by atoms with E-state index in [-0.39, 0.29) is 5.91 Å². The van der Waals surface area contributed by atoms with Crippen LogP contribution in [0.5, 0.6) is 0 Å². The Hall–Kier alpha value is -1.35. The van der Waals surface area contributed by atoms with E-state index in [2.05, 4.69) is 35.2 Å². The summed E-state index contributed by atoms with van der Waals surface area (Å²) in [6.45, 7) is 5.13. The van der Waals surface area contributed by atoms with Gasteiger partial charge in [-0.3, -0.25) is 9.69 Å². The van der Waals surface area contributed by atoms with Gasteiger partial charge in [-0.15, -0.1) is 0 Å². The van der Waals surface area contributed by atoms with Crippen molar-refractivity contribution in [1.29, 1.82) is 0 Å². The van der Waals surface area contributed by atoms with E-state index in [0.29, 0.717) is 12.5 Å². The summed E-state index contributed by atoms with van der Waals surface area (Å²) in [6, 6.07) is 11.0. The third kappa shape index (κ3) is 3.80. The lowest BCUT2D eigenvalue weighted by molar-refractivity contribution is -0.132. The van der Waals surface area contributed by atoms with Crippen LogP contribution in [0, 0.1) is 0 Å². The fourth-order valence-electron chi connectivity index (χ4n) is 2.76. The molecule has 0 saturated carbocycles. The molecule has 1 aromatic carbocycles. The van der Waals surface area contributed by atoms with Crippen LogP contribution in [-0.2, 0) is 11.3 Å². The van der Waals surface area contributed by atoms with Crippen molar-refractivity contribution in [2.24, 2.45) is 0 Å². The topological polar surface area (TPSA) is 23.6 Å². The van der Waals surface area contributed by atoms with E-state index in [1.165, 1.54) is 5.56 Å². The quantitative estimate of drug-likeness (QED) is 0.830. The Balaban J connectivity index is 1.81. The number of amides is 1. The summed E-state index contributed by atoms with van der Waals surface area (Å²) in [5.74, 6) is 0.265. The molecule has 0 aromatic heterocycles. The normalized spacial score (nSPS) is 17.4. The first-order chi connectivity index (χ1) is 9.20. The van der Waals surface area contributed by atoms with E-state index in [4.69, 9.17) is 0 Å². The van der Waals surface area contributed by atoms with Crippen LogP contribution in [0.2, 0.25) is 0 Å². The van der Waals surface area contributed by atoms with Gasteiger partial charge in [-0.2, -0.15) is 0 Å². The molecule has 1 aromatic rings. The van der Waals surface area contributed by atoms with Crippen LogP contribution in [0.25, 0.3) is 0 Å². The highest BCUT2D eigenvalue weighted by molar-refractivity contribution is 5.75. The maximum absolute atomic E-state index is 11.7. The minimum Gasteiger partial charge on any atom is -0.343 e. The van der Waals surface area contributed by atoms with Gasteiger partial charge in [0.15, 0.2) is 0 Å². The summed E-state index contributed by atoms with van der Waals surface area (Å²) >= 11 is 0. The van der Waals surface area contributed by atoms with Crippen molar-refractivity contribution in [2.75, 3.05) is 20.1 Å². The molecule has 1 saturated heterocycles. The monoisotopic (exact) mass is 260 g/mol. The molecule has 1 amide bonds. The molecule has 104 valence electrons. The maximum Gasteiger partial charge on any atom is 0.222 e. The van der Waals surface area contributed by atoms with E-state index < -0.39 is 0 Å². The number of hydrogen-bond donors (Lipinski definition) is 0. The Morgan fingerprint density at radius 3 is 2.47 bits per heavy atom. The van der Waals surface area contributed by atoms with Gasteiger partial charge in [-0.1, -0.05) is 37.3 Å². The summed E-state index contributed by atoms with van der Waals surface area (Å²) in [5.41, 5.74) is 1.37. The van der Waals surface area contributed by atoms with Crippen LogP contribution in [0.3, 0.4) is 0 Å². The number of carbonyl (C=O) groups is 1. The molecular weight excluding hydrogens is 236 g/mol. The van der Waals surface area contributed by atoms with E-state index in [1.807, 2.05) is 18.9 Å². The van der Waals surface area contributed by atoms with Crippen molar-refractivity contribution in [3.05, 3.63) is 35.9 Å². The van der Waals surface area contributed by atoms with Crippen molar-refractivity contribution in [2.45, 2.75) is 38.8 Å². The fourth-order valence-corrected chi connectivity index (χ4v) is 2.76. The number of piperidine rings is 1. The molecule has 0 radical (unpaired) electrons. The largest absolute Gasteiger partial charge is 0.343 e. The Morgan fingerprint density at radius 2 is 1.89 bits per heavy atom. The molecular formula is C16H24N2O. The van der Waals surface area contributed by atoms with Gasteiger partial charge in [-0.05, 0) is 18.4 Å². The van der Waals surface area contributed by atoms with Gasteiger partial charge < -0.3 is 4.90 Å². The summed E-state index contributed by atoms with van der Waals surface area (Å²) < 4.78 is 0.